The summed E-state index contributed by atoms with van der Waals surface area (Å²) in [4.78, 5) is 0. The third kappa shape index (κ3) is 3.49. The van der Waals surface area contributed by atoms with Crippen LogP contribution >= 0.6 is 15.9 Å². The number of unbranched alkanes of at least 4 members (excludes halogenated alkanes) is 1. The minimum absolute atomic E-state index is 0.0593. The van der Waals surface area contributed by atoms with Gasteiger partial charge in [-0.05, 0) is 31.0 Å². The summed E-state index contributed by atoms with van der Waals surface area (Å²) >= 11 is 3.44. The monoisotopic (exact) mass is 336 g/mol. The molecule has 1 aromatic heterocycles. The van der Waals surface area contributed by atoms with Crippen molar-refractivity contribution in [3.63, 3.8) is 0 Å². The van der Waals surface area contributed by atoms with Gasteiger partial charge in [0.1, 0.15) is 0 Å². The van der Waals surface area contributed by atoms with Crippen LogP contribution < -0.4 is 0 Å². The van der Waals surface area contributed by atoms with Gasteiger partial charge in [-0.25, -0.2) is 0 Å². The van der Waals surface area contributed by atoms with E-state index in [1.165, 1.54) is 5.56 Å². The molecule has 2 aromatic rings. The van der Waals surface area contributed by atoms with Crippen molar-refractivity contribution in [3.05, 3.63) is 51.3 Å². The second kappa shape index (κ2) is 7.04. The number of benzene rings is 1. The van der Waals surface area contributed by atoms with Gasteiger partial charge in [-0.2, -0.15) is 5.10 Å². The van der Waals surface area contributed by atoms with Crippen molar-refractivity contribution >= 4 is 15.9 Å². The fourth-order valence-corrected chi connectivity index (χ4v) is 2.58. The molecule has 0 aliphatic rings. The van der Waals surface area contributed by atoms with Gasteiger partial charge in [-0.15, -0.1) is 0 Å². The minimum atomic E-state index is 0.0593. The zero-order valence-electron chi connectivity index (χ0n) is 12.1. The average Bonchev–Trinajstić information content (AvgIpc) is 2.74. The fraction of sp³-hybridized carbons (Fsp3) is 0.438. The average molecular weight is 337 g/mol. The van der Waals surface area contributed by atoms with E-state index in [1.807, 2.05) is 23.7 Å². The van der Waals surface area contributed by atoms with Gasteiger partial charge in [-0.3, -0.25) is 4.68 Å². The molecule has 20 heavy (non-hydrogen) atoms. The van der Waals surface area contributed by atoms with Crippen molar-refractivity contribution < 1.29 is 5.11 Å². The van der Waals surface area contributed by atoms with E-state index in [9.17, 15) is 5.11 Å². The molecule has 1 heterocycles. The summed E-state index contributed by atoms with van der Waals surface area (Å²) < 4.78 is 3.11. The summed E-state index contributed by atoms with van der Waals surface area (Å²) in [7, 11) is 0. The highest BCUT2D eigenvalue weighted by molar-refractivity contribution is 9.10. The lowest BCUT2D eigenvalue weighted by molar-refractivity contribution is 0.279. The summed E-state index contributed by atoms with van der Waals surface area (Å²) in [6.07, 6.45) is 3.03. The predicted octanol–water partition coefficient (Wildman–Crippen LogP) is 3.84. The largest absolute Gasteiger partial charge is 0.392 e. The Labute approximate surface area is 128 Å². The molecule has 0 atom stereocenters. The van der Waals surface area contributed by atoms with Gasteiger partial charge in [0.05, 0.1) is 12.3 Å². The summed E-state index contributed by atoms with van der Waals surface area (Å²) in [6.45, 7) is 5.20. The Morgan fingerprint density at radius 3 is 2.55 bits per heavy atom. The van der Waals surface area contributed by atoms with Crippen LogP contribution in [0.25, 0.3) is 0 Å². The maximum atomic E-state index is 9.60. The third-order valence-corrected chi connectivity index (χ3v) is 4.11. The Kier molecular flexibility index (Phi) is 5.38. The zero-order valence-corrected chi connectivity index (χ0v) is 13.7. The Hall–Kier alpha value is -1.13. The highest BCUT2D eigenvalue weighted by atomic mass is 79.9. The SMILES string of the molecule is CCCCn1nc(Cc2ccc(Br)cc2)c(CO)c1C. The van der Waals surface area contributed by atoms with Gasteiger partial charge in [-0.1, -0.05) is 41.4 Å². The minimum Gasteiger partial charge on any atom is -0.392 e. The molecule has 0 radical (unpaired) electrons. The summed E-state index contributed by atoms with van der Waals surface area (Å²) in [5.41, 5.74) is 4.27. The number of hydrogen-bond acceptors (Lipinski definition) is 2. The molecule has 0 fully saturated rings. The first-order chi connectivity index (χ1) is 9.65. The van der Waals surface area contributed by atoms with Crippen LogP contribution in [0.2, 0.25) is 0 Å². The van der Waals surface area contributed by atoms with Crippen LogP contribution in [-0.2, 0) is 19.6 Å². The molecule has 1 N–H and O–H groups in total. The maximum Gasteiger partial charge on any atom is 0.0726 e. The summed E-state index contributed by atoms with van der Waals surface area (Å²) in [6, 6.07) is 8.25. The Bertz CT molecular complexity index is 561. The van der Waals surface area contributed by atoms with E-state index in [0.717, 1.165) is 47.2 Å². The Morgan fingerprint density at radius 2 is 1.95 bits per heavy atom. The first-order valence-electron chi connectivity index (χ1n) is 7.06. The van der Waals surface area contributed by atoms with Crippen molar-refractivity contribution in [2.75, 3.05) is 0 Å². The smallest absolute Gasteiger partial charge is 0.0726 e. The van der Waals surface area contributed by atoms with Gasteiger partial charge >= 0.3 is 0 Å². The van der Waals surface area contributed by atoms with Gasteiger partial charge in [0.15, 0.2) is 0 Å². The lowest BCUT2D eigenvalue weighted by Crippen LogP contribution is -2.02. The van der Waals surface area contributed by atoms with Crippen LogP contribution in [0.4, 0.5) is 0 Å². The van der Waals surface area contributed by atoms with Gasteiger partial charge < -0.3 is 5.11 Å². The molecular formula is C16H21BrN2O. The molecule has 0 unspecified atom stereocenters. The lowest BCUT2D eigenvalue weighted by Gasteiger charge is -2.02. The van der Waals surface area contributed by atoms with Gasteiger partial charge in [0.2, 0.25) is 0 Å². The number of aliphatic hydroxyl groups excluding tert-OH is 1. The predicted molar refractivity (Wildman–Crippen MR) is 84.7 cm³/mol. The standard InChI is InChI=1S/C16H21BrN2O/c1-3-4-9-19-12(2)15(11-20)16(18-19)10-13-5-7-14(17)8-6-13/h5-8,20H,3-4,9-11H2,1-2H3. The number of aromatic nitrogens is 2. The highest BCUT2D eigenvalue weighted by Gasteiger charge is 2.13. The van der Waals surface area contributed by atoms with Crippen molar-refractivity contribution in [3.8, 4) is 0 Å². The first-order valence-corrected chi connectivity index (χ1v) is 7.85. The number of halogens is 1. The summed E-state index contributed by atoms with van der Waals surface area (Å²) in [5, 5.41) is 14.3. The maximum absolute atomic E-state index is 9.60. The molecule has 0 aliphatic carbocycles. The van der Waals surface area contributed by atoms with Crippen LogP contribution in [-0.4, -0.2) is 14.9 Å². The van der Waals surface area contributed by atoms with Crippen molar-refractivity contribution in [2.24, 2.45) is 0 Å². The number of aliphatic hydroxyl groups is 1. The Morgan fingerprint density at radius 1 is 1.25 bits per heavy atom. The molecule has 0 spiro atoms. The van der Waals surface area contributed by atoms with E-state index < -0.39 is 0 Å². The molecule has 2 rings (SSSR count). The molecule has 0 bridgehead atoms. The van der Waals surface area contributed by atoms with E-state index in [1.54, 1.807) is 0 Å². The van der Waals surface area contributed by atoms with E-state index >= 15 is 0 Å². The number of nitrogens with zero attached hydrogens (tertiary/aromatic N) is 2. The van der Waals surface area contributed by atoms with Crippen LogP contribution in [0, 0.1) is 6.92 Å². The molecular weight excluding hydrogens is 316 g/mol. The van der Waals surface area contributed by atoms with E-state index in [4.69, 9.17) is 0 Å². The molecule has 4 heteroatoms. The number of hydrogen-bond donors (Lipinski definition) is 1. The van der Waals surface area contributed by atoms with Crippen molar-refractivity contribution in [1.29, 1.82) is 0 Å². The van der Waals surface area contributed by atoms with Crippen LogP contribution in [0.1, 0.15) is 42.3 Å². The van der Waals surface area contributed by atoms with Crippen LogP contribution in [0.5, 0.6) is 0 Å². The lowest BCUT2D eigenvalue weighted by atomic mass is 10.1. The van der Waals surface area contributed by atoms with Gasteiger partial charge in [0, 0.05) is 28.7 Å². The van der Waals surface area contributed by atoms with Crippen LogP contribution in [0.3, 0.4) is 0 Å². The van der Waals surface area contributed by atoms with E-state index in [0.29, 0.717) is 0 Å². The quantitative estimate of drug-likeness (QED) is 0.870. The summed E-state index contributed by atoms with van der Waals surface area (Å²) in [5.74, 6) is 0. The first kappa shape index (κ1) is 15.3. The molecule has 108 valence electrons. The highest BCUT2D eigenvalue weighted by Crippen LogP contribution is 2.19. The fourth-order valence-electron chi connectivity index (χ4n) is 2.31. The second-order valence-electron chi connectivity index (χ2n) is 5.05. The third-order valence-electron chi connectivity index (χ3n) is 3.58. The molecule has 0 saturated heterocycles. The molecule has 0 aliphatic heterocycles. The topological polar surface area (TPSA) is 38.0 Å². The van der Waals surface area contributed by atoms with Crippen LogP contribution in [0.15, 0.2) is 28.7 Å². The van der Waals surface area contributed by atoms with Crippen molar-refractivity contribution in [2.45, 2.75) is 46.3 Å². The molecule has 0 amide bonds. The van der Waals surface area contributed by atoms with E-state index in [2.05, 4.69) is 40.1 Å². The Balaban J connectivity index is 2.24. The second-order valence-corrected chi connectivity index (χ2v) is 5.96. The zero-order chi connectivity index (χ0) is 14.5. The normalized spacial score (nSPS) is 11.0. The molecule has 0 saturated carbocycles. The number of rotatable bonds is 6. The molecule has 3 nitrogen and oxygen atoms in total. The number of aryl methyl sites for hydroxylation is 1. The molecule has 1 aromatic carbocycles. The van der Waals surface area contributed by atoms with E-state index in [-0.39, 0.29) is 6.61 Å². The van der Waals surface area contributed by atoms with Crippen molar-refractivity contribution in [1.82, 2.24) is 9.78 Å². The van der Waals surface area contributed by atoms with Gasteiger partial charge in [0.25, 0.3) is 0 Å².